The van der Waals surface area contributed by atoms with E-state index in [2.05, 4.69) is 5.32 Å². The molecule has 0 aliphatic heterocycles. The van der Waals surface area contributed by atoms with Crippen LogP contribution in [0.4, 0.5) is 0 Å². The lowest BCUT2D eigenvalue weighted by Gasteiger charge is -2.10. The van der Waals surface area contributed by atoms with Gasteiger partial charge in [-0.25, -0.2) is 0 Å². The fourth-order valence-corrected chi connectivity index (χ4v) is 2.47. The fraction of sp³-hybridized carbons (Fsp3) is 0.350. The molecule has 128 valence electrons. The summed E-state index contributed by atoms with van der Waals surface area (Å²) in [5, 5.41) is 2.89. The maximum Gasteiger partial charge on any atom is 0.257 e. The number of hydrogen-bond donors (Lipinski definition) is 1. The second kappa shape index (κ2) is 8.96. The van der Waals surface area contributed by atoms with Crippen LogP contribution in [0.25, 0.3) is 0 Å². The van der Waals surface area contributed by atoms with Crippen molar-refractivity contribution in [3.63, 3.8) is 0 Å². The van der Waals surface area contributed by atoms with Gasteiger partial charge in [0.15, 0.2) is 6.61 Å². The van der Waals surface area contributed by atoms with Crippen molar-refractivity contribution < 1.29 is 14.3 Å². The number of aryl methyl sites for hydroxylation is 3. The lowest BCUT2D eigenvalue weighted by Crippen LogP contribution is -2.30. The molecule has 0 aliphatic carbocycles. The van der Waals surface area contributed by atoms with E-state index in [1.54, 1.807) is 7.11 Å². The van der Waals surface area contributed by atoms with Gasteiger partial charge in [0.25, 0.3) is 5.91 Å². The number of benzene rings is 2. The zero-order valence-corrected chi connectivity index (χ0v) is 14.6. The van der Waals surface area contributed by atoms with Crippen molar-refractivity contribution in [1.82, 2.24) is 5.32 Å². The molecule has 0 radical (unpaired) electrons. The topological polar surface area (TPSA) is 47.6 Å². The quantitative estimate of drug-likeness (QED) is 0.756. The van der Waals surface area contributed by atoms with Crippen molar-refractivity contribution in [3.05, 3.63) is 59.2 Å². The molecule has 24 heavy (non-hydrogen) atoms. The summed E-state index contributed by atoms with van der Waals surface area (Å²) in [7, 11) is 1.66. The molecule has 2 rings (SSSR count). The summed E-state index contributed by atoms with van der Waals surface area (Å²) in [6, 6.07) is 13.9. The predicted molar refractivity (Wildman–Crippen MR) is 95.7 cm³/mol. The molecule has 0 heterocycles. The summed E-state index contributed by atoms with van der Waals surface area (Å²) < 4.78 is 10.7. The summed E-state index contributed by atoms with van der Waals surface area (Å²) in [4.78, 5) is 11.8. The van der Waals surface area contributed by atoms with Gasteiger partial charge in [0, 0.05) is 6.54 Å². The van der Waals surface area contributed by atoms with Crippen molar-refractivity contribution in [2.24, 2.45) is 0 Å². The molecule has 2 aromatic carbocycles. The first-order valence-electron chi connectivity index (χ1n) is 8.18. The average molecular weight is 327 g/mol. The van der Waals surface area contributed by atoms with Crippen molar-refractivity contribution in [2.45, 2.75) is 26.7 Å². The summed E-state index contributed by atoms with van der Waals surface area (Å²) in [5.74, 6) is 1.52. The predicted octanol–water partition coefficient (Wildman–Crippen LogP) is 3.44. The first kappa shape index (κ1) is 17.9. The van der Waals surface area contributed by atoms with Gasteiger partial charge in [0.1, 0.15) is 11.5 Å². The first-order chi connectivity index (χ1) is 11.6. The smallest absolute Gasteiger partial charge is 0.257 e. The fourth-order valence-electron chi connectivity index (χ4n) is 2.47. The van der Waals surface area contributed by atoms with E-state index in [0.29, 0.717) is 6.54 Å². The molecule has 0 spiro atoms. The highest BCUT2D eigenvalue weighted by Crippen LogP contribution is 2.18. The van der Waals surface area contributed by atoms with E-state index >= 15 is 0 Å². The number of ether oxygens (including phenoxy) is 2. The number of carbonyl (C=O) groups excluding carboxylic acids is 1. The molecule has 0 saturated carbocycles. The Kier molecular flexibility index (Phi) is 6.67. The highest BCUT2D eigenvalue weighted by Gasteiger charge is 2.04. The minimum atomic E-state index is -0.0929. The second-order valence-electron chi connectivity index (χ2n) is 5.86. The molecular formula is C20H25NO3. The summed E-state index contributed by atoms with van der Waals surface area (Å²) in [6.45, 7) is 4.70. The van der Waals surface area contributed by atoms with E-state index in [1.807, 2.05) is 56.3 Å². The van der Waals surface area contributed by atoms with Gasteiger partial charge >= 0.3 is 0 Å². The molecule has 4 heteroatoms. The Morgan fingerprint density at radius 1 is 1.08 bits per heavy atom. The zero-order chi connectivity index (χ0) is 17.4. The monoisotopic (exact) mass is 327 g/mol. The summed E-state index contributed by atoms with van der Waals surface area (Å²) in [6.07, 6.45) is 1.81. The third kappa shape index (κ3) is 5.61. The van der Waals surface area contributed by atoms with Crippen molar-refractivity contribution in [3.8, 4) is 11.5 Å². The average Bonchev–Trinajstić information content (AvgIpc) is 2.58. The Balaban J connectivity index is 1.65. The molecule has 0 saturated heterocycles. The van der Waals surface area contributed by atoms with Crippen LogP contribution in [0.3, 0.4) is 0 Å². The van der Waals surface area contributed by atoms with E-state index in [9.17, 15) is 4.79 Å². The van der Waals surface area contributed by atoms with Crippen LogP contribution < -0.4 is 14.8 Å². The normalized spacial score (nSPS) is 10.3. The Hall–Kier alpha value is -2.49. The maximum absolute atomic E-state index is 11.8. The van der Waals surface area contributed by atoms with Gasteiger partial charge in [-0.2, -0.15) is 0 Å². The van der Waals surface area contributed by atoms with Gasteiger partial charge in [0.05, 0.1) is 7.11 Å². The highest BCUT2D eigenvalue weighted by atomic mass is 16.5. The minimum Gasteiger partial charge on any atom is -0.497 e. The van der Waals surface area contributed by atoms with E-state index in [-0.39, 0.29) is 12.5 Å². The molecule has 0 fully saturated rings. The molecule has 4 nitrogen and oxygen atoms in total. The standard InChI is InChI=1S/C20H25NO3/c1-15-6-11-19(16(2)13-15)24-14-20(22)21-12-4-5-17-7-9-18(23-3)10-8-17/h6-11,13H,4-5,12,14H2,1-3H3,(H,21,22). The summed E-state index contributed by atoms with van der Waals surface area (Å²) >= 11 is 0. The van der Waals surface area contributed by atoms with Crippen LogP contribution in [-0.2, 0) is 11.2 Å². The highest BCUT2D eigenvalue weighted by molar-refractivity contribution is 5.77. The molecule has 1 N–H and O–H groups in total. The van der Waals surface area contributed by atoms with Crippen LogP contribution in [0, 0.1) is 13.8 Å². The van der Waals surface area contributed by atoms with E-state index in [0.717, 1.165) is 29.9 Å². The van der Waals surface area contributed by atoms with Gasteiger partial charge in [-0.1, -0.05) is 29.8 Å². The van der Waals surface area contributed by atoms with Crippen LogP contribution in [0.5, 0.6) is 11.5 Å². The van der Waals surface area contributed by atoms with Gasteiger partial charge in [-0.05, 0) is 56.0 Å². The number of nitrogens with one attached hydrogen (secondary N) is 1. The lowest BCUT2D eigenvalue weighted by molar-refractivity contribution is -0.123. The molecule has 1 amide bonds. The Morgan fingerprint density at radius 3 is 2.50 bits per heavy atom. The van der Waals surface area contributed by atoms with Gasteiger partial charge in [0.2, 0.25) is 0 Å². The molecular weight excluding hydrogens is 302 g/mol. The van der Waals surface area contributed by atoms with E-state index in [1.165, 1.54) is 11.1 Å². The van der Waals surface area contributed by atoms with E-state index in [4.69, 9.17) is 9.47 Å². The largest absolute Gasteiger partial charge is 0.497 e. The van der Waals surface area contributed by atoms with Crippen molar-refractivity contribution >= 4 is 5.91 Å². The number of rotatable bonds is 8. The molecule has 0 bridgehead atoms. The van der Waals surface area contributed by atoms with Crippen LogP contribution in [-0.4, -0.2) is 26.2 Å². The molecule has 0 aliphatic rings. The molecule has 0 unspecified atom stereocenters. The summed E-state index contributed by atoms with van der Waals surface area (Å²) in [5.41, 5.74) is 3.46. The van der Waals surface area contributed by atoms with Crippen LogP contribution in [0.15, 0.2) is 42.5 Å². The molecule has 0 aromatic heterocycles. The Morgan fingerprint density at radius 2 is 1.83 bits per heavy atom. The van der Waals surface area contributed by atoms with Crippen LogP contribution in [0.2, 0.25) is 0 Å². The third-order valence-electron chi connectivity index (χ3n) is 3.81. The lowest BCUT2D eigenvalue weighted by atomic mass is 10.1. The van der Waals surface area contributed by atoms with Gasteiger partial charge < -0.3 is 14.8 Å². The van der Waals surface area contributed by atoms with E-state index < -0.39 is 0 Å². The number of hydrogen-bond acceptors (Lipinski definition) is 3. The van der Waals surface area contributed by atoms with Crippen molar-refractivity contribution in [2.75, 3.05) is 20.3 Å². The number of carbonyl (C=O) groups is 1. The number of methoxy groups -OCH3 is 1. The SMILES string of the molecule is COc1ccc(CCCNC(=O)COc2ccc(C)cc2C)cc1. The molecule has 0 atom stereocenters. The molecule has 2 aromatic rings. The van der Waals surface area contributed by atoms with Crippen LogP contribution >= 0.6 is 0 Å². The third-order valence-corrected chi connectivity index (χ3v) is 3.81. The van der Waals surface area contributed by atoms with Crippen molar-refractivity contribution in [1.29, 1.82) is 0 Å². The zero-order valence-electron chi connectivity index (χ0n) is 14.6. The maximum atomic E-state index is 11.8. The van der Waals surface area contributed by atoms with Gasteiger partial charge in [-0.15, -0.1) is 0 Å². The second-order valence-corrected chi connectivity index (χ2v) is 5.86. The first-order valence-corrected chi connectivity index (χ1v) is 8.18. The Bertz CT molecular complexity index is 665. The Labute approximate surface area is 143 Å². The minimum absolute atomic E-state index is 0.0481. The van der Waals surface area contributed by atoms with Gasteiger partial charge in [-0.3, -0.25) is 4.79 Å². The van der Waals surface area contributed by atoms with Crippen LogP contribution in [0.1, 0.15) is 23.1 Å². The number of amides is 1.